The van der Waals surface area contributed by atoms with Crippen molar-refractivity contribution in [1.29, 1.82) is 0 Å². The number of aliphatic carboxylic acids is 2. The number of carboxylic acids is 2. The number of carbonyl (C=O) groups is 2. The number of aliphatic hydroxyl groups is 1. The standard InChI is InChI=1S/C7H12O5/c1-3-4(5(8)9)7(2,12)6(10)11/h4,12H,3H2,1-2H3,(H,8,9)(H,10,11). The van der Waals surface area contributed by atoms with Crippen molar-refractivity contribution in [1.82, 2.24) is 0 Å². The van der Waals surface area contributed by atoms with E-state index in [0.717, 1.165) is 6.92 Å². The Bertz CT molecular complexity index is 196. The van der Waals surface area contributed by atoms with Crippen LogP contribution < -0.4 is 0 Å². The van der Waals surface area contributed by atoms with E-state index < -0.39 is 23.5 Å². The molecular formula is C7H12O5. The van der Waals surface area contributed by atoms with Crippen LogP contribution in [-0.2, 0) is 9.59 Å². The van der Waals surface area contributed by atoms with Crippen molar-refractivity contribution in [3.8, 4) is 0 Å². The maximum absolute atomic E-state index is 10.5. The van der Waals surface area contributed by atoms with Gasteiger partial charge < -0.3 is 15.3 Å². The molecule has 0 aliphatic rings. The first kappa shape index (κ1) is 10.9. The lowest BCUT2D eigenvalue weighted by Crippen LogP contribution is -2.46. The lowest BCUT2D eigenvalue weighted by molar-refractivity contribution is -0.172. The Kier molecular flexibility index (Phi) is 3.21. The second-order valence-corrected chi connectivity index (χ2v) is 2.75. The van der Waals surface area contributed by atoms with E-state index >= 15 is 0 Å². The van der Waals surface area contributed by atoms with E-state index in [0.29, 0.717) is 0 Å². The zero-order valence-electron chi connectivity index (χ0n) is 6.94. The maximum atomic E-state index is 10.5. The molecule has 0 aliphatic heterocycles. The molecule has 5 nitrogen and oxygen atoms in total. The van der Waals surface area contributed by atoms with Crippen molar-refractivity contribution in [2.45, 2.75) is 25.9 Å². The Morgan fingerprint density at radius 3 is 1.92 bits per heavy atom. The summed E-state index contributed by atoms with van der Waals surface area (Å²) in [4.78, 5) is 20.9. The average Bonchev–Trinajstić information content (AvgIpc) is 1.86. The SMILES string of the molecule is CCC(C(=O)O)C(C)(O)C(=O)O. The normalized spacial score (nSPS) is 17.9. The molecule has 3 N–H and O–H groups in total. The van der Waals surface area contributed by atoms with Gasteiger partial charge in [-0.2, -0.15) is 0 Å². The lowest BCUT2D eigenvalue weighted by atomic mass is 9.87. The van der Waals surface area contributed by atoms with Crippen molar-refractivity contribution in [2.75, 3.05) is 0 Å². The molecule has 0 aromatic carbocycles. The van der Waals surface area contributed by atoms with Crippen LogP contribution in [0.4, 0.5) is 0 Å². The molecule has 0 amide bonds. The second-order valence-electron chi connectivity index (χ2n) is 2.75. The number of hydrogen-bond donors (Lipinski definition) is 3. The van der Waals surface area contributed by atoms with E-state index in [-0.39, 0.29) is 6.42 Å². The summed E-state index contributed by atoms with van der Waals surface area (Å²) in [5.41, 5.74) is -2.19. The average molecular weight is 176 g/mol. The first-order valence-corrected chi connectivity index (χ1v) is 3.52. The summed E-state index contributed by atoms with van der Waals surface area (Å²) >= 11 is 0. The van der Waals surface area contributed by atoms with Crippen molar-refractivity contribution < 1.29 is 24.9 Å². The fourth-order valence-corrected chi connectivity index (χ4v) is 0.962. The van der Waals surface area contributed by atoms with E-state index in [4.69, 9.17) is 10.2 Å². The Labute approximate surface area is 69.6 Å². The molecule has 0 radical (unpaired) electrons. The summed E-state index contributed by atoms with van der Waals surface area (Å²) < 4.78 is 0. The van der Waals surface area contributed by atoms with Gasteiger partial charge in [0.05, 0.1) is 5.92 Å². The summed E-state index contributed by atoms with van der Waals surface area (Å²) in [6, 6.07) is 0. The molecule has 0 saturated heterocycles. The van der Waals surface area contributed by atoms with Crippen molar-refractivity contribution in [2.24, 2.45) is 5.92 Å². The Morgan fingerprint density at radius 1 is 1.42 bits per heavy atom. The van der Waals surface area contributed by atoms with Crippen LogP contribution in [0.25, 0.3) is 0 Å². The minimum atomic E-state index is -2.19. The van der Waals surface area contributed by atoms with Crippen LogP contribution >= 0.6 is 0 Å². The van der Waals surface area contributed by atoms with Crippen LogP contribution in [0.5, 0.6) is 0 Å². The third kappa shape index (κ3) is 1.94. The van der Waals surface area contributed by atoms with Crippen LogP contribution in [0, 0.1) is 5.92 Å². The number of rotatable bonds is 4. The van der Waals surface area contributed by atoms with E-state index in [1.807, 2.05) is 0 Å². The molecule has 0 fully saturated rings. The lowest BCUT2D eigenvalue weighted by Gasteiger charge is -2.24. The largest absolute Gasteiger partial charge is 0.481 e. The molecule has 70 valence electrons. The highest BCUT2D eigenvalue weighted by Crippen LogP contribution is 2.20. The molecule has 0 rings (SSSR count). The predicted molar refractivity (Wildman–Crippen MR) is 39.7 cm³/mol. The van der Waals surface area contributed by atoms with Gasteiger partial charge in [0.25, 0.3) is 0 Å². The summed E-state index contributed by atoms with van der Waals surface area (Å²) in [6.45, 7) is 2.49. The molecule has 2 unspecified atom stereocenters. The highest BCUT2D eigenvalue weighted by atomic mass is 16.4. The highest BCUT2D eigenvalue weighted by molar-refractivity contribution is 5.85. The summed E-state index contributed by atoms with van der Waals surface area (Å²) in [5.74, 6) is -4.09. The molecule has 0 aliphatic carbocycles. The third-order valence-electron chi connectivity index (χ3n) is 1.82. The van der Waals surface area contributed by atoms with Gasteiger partial charge in [-0.05, 0) is 13.3 Å². The van der Waals surface area contributed by atoms with Gasteiger partial charge in [0.2, 0.25) is 0 Å². The fraction of sp³-hybridized carbons (Fsp3) is 0.714. The van der Waals surface area contributed by atoms with Crippen molar-refractivity contribution in [3.05, 3.63) is 0 Å². The first-order valence-electron chi connectivity index (χ1n) is 3.52. The van der Waals surface area contributed by atoms with Gasteiger partial charge in [-0.3, -0.25) is 4.79 Å². The molecule has 0 saturated carbocycles. The topological polar surface area (TPSA) is 94.8 Å². The molecule has 5 heteroatoms. The quantitative estimate of drug-likeness (QED) is 0.557. The predicted octanol–water partition coefficient (Wildman–Crippen LogP) is -0.0672. The van der Waals surface area contributed by atoms with Gasteiger partial charge in [-0.25, -0.2) is 4.79 Å². The number of hydrogen-bond acceptors (Lipinski definition) is 3. The van der Waals surface area contributed by atoms with Gasteiger partial charge >= 0.3 is 11.9 Å². The van der Waals surface area contributed by atoms with Crippen LogP contribution in [0.2, 0.25) is 0 Å². The second kappa shape index (κ2) is 3.53. The van der Waals surface area contributed by atoms with Crippen molar-refractivity contribution in [3.63, 3.8) is 0 Å². The molecule has 0 spiro atoms. The monoisotopic (exact) mass is 176 g/mol. The van der Waals surface area contributed by atoms with Gasteiger partial charge in [0, 0.05) is 0 Å². The summed E-state index contributed by atoms with van der Waals surface area (Å²) in [6.07, 6.45) is 0.0780. The minimum absolute atomic E-state index is 0.0780. The Hall–Kier alpha value is -1.10. The Balaban J connectivity index is 4.71. The minimum Gasteiger partial charge on any atom is -0.481 e. The summed E-state index contributed by atoms with van der Waals surface area (Å²) in [5, 5.41) is 26.3. The van der Waals surface area contributed by atoms with E-state index in [2.05, 4.69) is 0 Å². The van der Waals surface area contributed by atoms with Crippen LogP contribution in [0.3, 0.4) is 0 Å². The molecule has 0 bridgehead atoms. The van der Waals surface area contributed by atoms with Crippen LogP contribution in [0.1, 0.15) is 20.3 Å². The first-order chi connectivity index (χ1) is 5.34. The van der Waals surface area contributed by atoms with E-state index in [1.54, 1.807) is 0 Å². The van der Waals surface area contributed by atoms with Crippen molar-refractivity contribution >= 4 is 11.9 Å². The molecule has 12 heavy (non-hydrogen) atoms. The van der Waals surface area contributed by atoms with E-state index in [9.17, 15) is 14.7 Å². The van der Waals surface area contributed by atoms with Gasteiger partial charge in [-0.1, -0.05) is 6.92 Å². The molecule has 0 heterocycles. The van der Waals surface area contributed by atoms with Gasteiger partial charge in [0.15, 0.2) is 5.60 Å². The zero-order valence-corrected chi connectivity index (χ0v) is 6.94. The fourth-order valence-electron chi connectivity index (χ4n) is 0.962. The molecular weight excluding hydrogens is 164 g/mol. The zero-order chi connectivity index (χ0) is 9.94. The Morgan fingerprint density at radius 2 is 1.83 bits per heavy atom. The van der Waals surface area contributed by atoms with Crippen LogP contribution in [-0.4, -0.2) is 32.9 Å². The highest BCUT2D eigenvalue weighted by Gasteiger charge is 2.42. The molecule has 2 atom stereocenters. The smallest absolute Gasteiger partial charge is 0.336 e. The van der Waals surface area contributed by atoms with Gasteiger partial charge in [0.1, 0.15) is 0 Å². The molecule has 0 aromatic rings. The van der Waals surface area contributed by atoms with Gasteiger partial charge in [-0.15, -0.1) is 0 Å². The third-order valence-corrected chi connectivity index (χ3v) is 1.82. The molecule has 0 aromatic heterocycles. The van der Waals surface area contributed by atoms with E-state index in [1.165, 1.54) is 6.92 Å². The number of carboxylic acid groups (broad SMARTS) is 2. The summed E-state index contributed by atoms with van der Waals surface area (Å²) in [7, 11) is 0. The maximum Gasteiger partial charge on any atom is 0.336 e. The van der Waals surface area contributed by atoms with Crippen LogP contribution in [0.15, 0.2) is 0 Å².